The van der Waals surface area contributed by atoms with Gasteiger partial charge < -0.3 is 10.4 Å². The Labute approximate surface area is 128 Å². The lowest BCUT2D eigenvalue weighted by atomic mass is 9.97. The average Bonchev–Trinajstić information content (AvgIpc) is 2.95. The van der Waals surface area contributed by atoms with Gasteiger partial charge in [0.2, 0.25) is 0 Å². The number of para-hydroxylation sites is 2. The number of phenolic OH excluding ortho intramolecular Hbond substituents is 1. The van der Waals surface area contributed by atoms with Gasteiger partial charge in [-0.05, 0) is 50.2 Å². The minimum absolute atomic E-state index is 0.252. The van der Waals surface area contributed by atoms with Crippen LogP contribution in [0.15, 0.2) is 42.6 Å². The molecule has 1 saturated heterocycles. The largest absolute Gasteiger partial charge is 0.506 e. The molecule has 1 aliphatic heterocycles. The van der Waals surface area contributed by atoms with E-state index in [1.165, 1.54) is 0 Å². The first-order chi connectivity index (χ1) is 10.8. The van der Waals surface area contributed by atoms with Gasteiger partial charge in [0.1, 0.15) is 17.1 Å². The molecule has 0 radical (unpaired) electrons. The first-order valence-electron chi connectivity index (χ1n) is 7.67. The predicted molar refractivity (Wildman–Crippen MR) is 85.4 cm³/mol. The Balaban J connectivity index is 1.96. The van der Waals surface area contributed by atoms with E-state index < -0.39 is 0 Å². The minimum atomic E-state index is 0.252. The molecule has 112 valence electrons. The number of pyridine rings is 1. The molecule has 0 amide bonds. The van der Waals surface area contributed by atoms with E-state index in [1.54, 1.807) is 12.3 Å². The number of aromatic nitrogens is 3. The summed E-state index contributed by atoms with van der Waals surface area (Å²) < 4.78 is 2.01. The Kier molecular flexibility index (Phi) is 3.27. The number of nitrogens with zero attached hydrogens (tertiary/aromatic N) is 3. The Morgan fingerprint density at radius 2 is 1.91 bits per heavy atom. The highest BCUT2D eigenvalue weighted by Crippen LogP contribution is 2.32. The first kappa shape index (κ1) is 13.3. The zero-order chi connectivity index (χ0) is 14.9. The van der Waals surface area contributed by atoms with E-state index >= 15 is 0 Å². The van der Waals surface area contributed by atoms with Gasteiger partial charge in [-0.3, -0.25) is 4.57 Å². The second-order valence-electron chi connectivity index (χ2n) is 5.66. The van der Waals surface area contributed by atoms with E-state index in [0.717, 1.165) is 48.6 Å². The summed E-state index contributed by atoms with van der Waals surface area (Å²) in [6.45, 7) is 2.00. The smallest absolute Gasteiger partial charge is 0.164 e. The lowest BCUT2D eigenvalue weighted by molar-refractivity contribution is 0.439. The molecule has 0 atom stereocenters. The van der Waals surface area contributed by atoms with Gasteiger partial charge >= 0.3 is 0 Å². The van der Waals surface area contributed by atoms with E-state index in [4.69, 9.17) is 4.98 Å². The van der Waals surface area contributed by atoms with Gasteiger partial charge in [-0.1, -0.05) is 12.1 Å². The lowest BCUT2D eigenvalue weighted by Crippen LogP contribution is -2.28. The van der Waals surface area contributed by atoms with Crippen LogP contribution in [0.4, 0.5) is 0 Å². The highest BCUT2D eigenvalue weighted by atomic mass is 16.3. The fourth-order valence-electron chi connectivity index (χ4n) is 3.17. The molecule has 5 nitrogen and oxygen atoms in total. The Bertz CT molecular complexity index is 805. The normalized spacial score (nSPS) is 16.2. The van der Waals surface area contributed by atoms with Crippen molar-refractivity contribution < 1.29 is 5.11 Å². The third-order valence-electron chi connectivity index (χ3n) is 4.27. The van der Waals surface area contributed by atoms with Crippen molar-refractivity contribution in [1.29, 1.82) is 0 Å². The van der Waals surface area contributed by atoms with E-state index in [2.05, 4.69) is 10.3 Å². The number of hydrogen-bond donors (Lipinski definition) is 2. The van der Waals surface area contributed by atoms with Gasteiger partial charge in [0.25, 0.3) is 0 Å². The van der Waals surface area contributed by atoms with Crippen LogP contribution in [0.1, 0.15) is 24.6 Å². The van der Waals surface area contributed by atoms with E-state index in [1.807, 2.05) is 34.9 Å². The van der Waals surface area contributed by atoms with E-state index in [0.29, 0.717) is 5.92 Å². The SMILES string of the molecule is Oc1ccccc1-n1c(C2CCNCC2)nc2cccnc21. The first-order valence-corrected chi connectivity index (χ1v) is 7.67. The standard InChI is InChI=1S/C17H18N4O/c22-15-6-2-1-5-14(15)21-16(12-7-10-18-11-8-12)20-13-4-3-9-19-17(13)21/h1-6,9,12,18,22H,7-8,10-11H2. The fourth-order valence-corrected chi connectivity index (χ4v) is 3.17. The number of fused-ring (bicyclic) bond motifs is 1. The number of rotatable bonds is 2. The fraction of sp³-hybridized carbons (Fsp3) is 0.294. The van der Waals surface area contributed by atoms with Crippen LogP contribution in [0.3, 0.4) is 0 Å². The van der Waals surface area contributed by atoms with Crippen LogP contribution in [-0.4, -0.2) is 32.7 Å². The summed E-state index contributed by atoms with van der Waals surface area (Å²) in [6.07, 6.45) is 3.88. The number of nitrogens with one attached hydrogen (secondary N) is 1. The molecule has 2 N–H and O–H groups in total. The second kappa shape index (κ2) is 5.42. The maximum atomic E-state index is 10.3. The van der Waals surface area contributed by atoms with Gasteiger partial charge in [-0.25, -0.2) is 9.97 Å². The van der Waals surface area contributed by atoms with Crippen LogP contribution < -0.4 is 5.32 Å². The summed E-state index contributed by atoms with van der Waals surface area (Å²) in [5, 5.41) is 13.7. The summed E-state index contributed by atoms with van der Waals surface area (Å²) in [7, 11) is 0. The molecule has 0 spiro atoms. The van der Waals surface area contributed by atoms with Gasteiger partial charge in [-0.2, -0.15) is 0 Å². The van der Waals surface area contributed by atoms with E-state index in [-0.39, 0.29) is 5.75 Å². The summed E-state index contributed by atoms with van der Waals surface area (Å²) in [4.78, 5) is 9.30. The molecular weight excluding hydrogens is 276 g/mol. The van der Waals surface area contributed by atoms with Gasteiger partial charge in [-0.15, -0.1) is 0 Å². The van der Waals surface area contributed by atoms with Crippen LogP contribution in [-0.2, 0) is 0 Å². The molecule has 0 aliphatic carbocycles. The van der Waals surface area contributed by atoms with Crippen LogP contribution >= 0.6 is 0 Å². The summed E-state index contributed by atoms with van der Waals surface area (Å²) in [6, 6.07) is 11.2. The molecule has 1 aliphatic rings. The molecule has 1 fully saturated rings. The second-order valence-corrected chi connectivity index (χ2v) is 5.66. The molecule has 3 heterocycles. The minimum Gasteiger partial charge on any atom is -0.506 e. The number of imidazole rings is 1. The average molecular weight is 294 g/mol. The molecule has 0 saturated carbocycles. The van der Waals surface area contributed by atoms with Crippen LogP contribution in [0, 0.1) is 0 Å². The zero-order valence-corrected chi connectivity index (χ0v) is 12.2. The van der Waals surface area contributed by atoms with Gasteiger partial charge in [0.05, 0.1) is 5.69 Å². The molecule has 4 rings (SSSR count). The van der Waals surface area contributed by atoms with Gasteiger partial charge in [0, 0.05) is 12.1 Å². The van der Waals surface area contributed by atoms with Crippen molar-refractivity contribution in [2.24, 2.45) is 0 Å². The van der Waals surface area contributed by atoms with Crippen molar-refractivity contribution in [3.63, 3.8) is 0 Å². The monoisotopic (exact) mass is 294 g/mol. The number of phenols is 1. The highest BCUT2D eigenvalue weighted by molar-refractivity contribution is 5.75. The molecule has 0 bridgehead atoms. The molecule has 22 heavy (non-hydrogen) atoms. The molecule has 1 aromatic carbocycles. The van der Waals surface area contributed by atoms with Crippen molar-refractivity contribution in [3.8, 4) is 11.4 Å². The summed E-state index contributed by atoms with van der Waals surface area (Å²) >= 11 is 0. The Hall–Kier alpha value is -2.40. The Morgan fingerprint density at radius 3 is 2.73 bits per heavy atom. The summed E-state index contributed by atoms with van der Waals surface area (Å²) in [5.74, 6) is 1.63. The molecule has 0 unspecified atom stereocenters. The maximum absolute atomic E-state index is 10.3. The number of hydrogen-bond acceptors (Lipinski definition) is 4. The number of benzene rings is 1. The highest BCUT2D eigenvalue weighted by Gasteiger charge is 2.24. The van der Waals surface area contributed by atoms with Crippen molar-refractivity contribution in [1.82, 2.24) is 19.9 Å². The van der Waals surface area contributed by atoms with E-state index in [9.17, 15) is 5.11 Å². The van der Waals surface area contributed by atoms with Crippen LogP contribution in [0.2, 0.25) is 0 Å². The van der Waals surface area contributed by atoms with Crippen molar-refractivity contribution in [3.05, 3.63) is 48.4 Å². The third-order valence-corrected chi connectivity index (χ3v) is 4.27. The number of aromatic hydroxyl groups is 1. The van der Waals surface area contributed by atoms with Gasteiger partial charge in [0.15, 0.2) is 5.65 Å². The third kappa shape index (κ3) is 2.14. The molecule has 2 aromatic heterocycles. The topological polar surface area (TPSA) is 63.0 Å². The van der Waals surface area contributed by atoms with Crippen LogP contribution in [0.25, 0.3) is 16.9 Å². The quantitative estimate of drug-likeness (QED) is 0.762. The predicted octanol–water partition coefficient (Wildman–Crippen LogP) is 2.59. The van der Waals surface area contributed by atoms with Crippen molar-refractivity contribution >= 4 is 11.2 Å². The maximum Gasteiger partial charge on any atom is 0.164 e. The zero-order valence-electron chi connectivity index (χ0n) is 12.2. The number of piperidine rings is 1. The lowest BCUT2D eigenvalue weighted by Gasteiger charge is -2.23. The summed E-state index contributed by atoms with van der Waals surface area (Å²) in [5.41, 5.74) is 2.43. The van der Waals surface area contributed by atoms with Crippen LogP contribution in [0.5, 0.6) is 5.75 Å². The molecule has 5 heteroatoms. The molecular formula is C17H18N4O. The van der Waals surface area contributed by atoms with Crippen molar-refractivity contribution in [2.75, 3.05) is 13.1 Å². The van der Waals surface area contributed by atoms with Crippen molar-refractivity contribution in [2.45, 2.75) is 18.8 Å². The Morgan fingerprint density at radius 1 is 1.09 bits per heavy atom. The molecule has 3 aromatic rings.